The molecule has 1 aromatic carbocycles. The summed E-state index contributed by atoms with van der Waals surface area (Å²) in [6.07, 6.45) is 0. The van der Waals surface area contributed by atoms with Crippen LogP contribution in [0.25, 0.3) is 0 Å². The molecule has 0 radical (unpaired) electrons. The molecule has 0 aliphatic carbocycles. The average molecular weight is 208 g/mol. The highest BCUT2D eigenvalue weighted by Gasteiger charge is 2.18. The quantitative estimate of drug-likeness (QED) is 0.694. The molecule has 0 heterocycles. The number of aryl methyl sites for hydroxylation is 1. The maximum atomic E-state index is 5.12. The van der Waals surface area contributed by atoms with Gasteiger partial charge in [0.05, 0.1) is 14.7 Å². The molecule has 0 unspecified atom stereocenters. The molecule has 0 aliphatic rings. The van der Waals surface area contributed by atoms with Gasteiger partial charge in [-0.2, -0.15) is 0 Å². The first-order chi connectivity index (χ1) is 6.45. The largest absolute Gasteiger partial charge is 0.380 e. The van der Waals surface area contributed by atoms with E-state index in [1.54, 1.807) is 12.3 Å². The molecule has 14 heavy (non-hydrogen) atoms. The van der Waals surface area contributed by atoms with Crippen LogP contribution >= 0.6 is 0 Å². The van der Waals surface area contributed by atoms with E-state index in [2.05, 4.69) is 44.8 Å². The molecule has 0 atom stereocenters. The molecular formula is C12H20OSi. The molecule has 2 heteroatoms. The van der Waals surface area contributed by atoms with Gasteiger partial charge in [0.15, 0.2) is 0 Å². The molecule has 0 fully saturated rings. The number of rotatable bonds is 3. The standard InChI is InChI=1S/C12H20OSi/c1-10-8-11(9-13-2)6-7-12(10)14(3,4)5/h6-8H,9H2,1-5H3. The van der Waals surface area contributed by atoms with Crippen molar-refractivity contribution in [2.45, 2.75) is 33.2 Å². The van der Waals surface area contributed by atoms with Crippen LogP contribution in [0.4, 0.5) is 0 Å². The topological polar surface area (TPSA) is 9.23 Å². The van der Waals surface area contributed by atoms with Gasteiger partial charge in [-0.3, -0.25) is 0 Å². The normalized spacial score (nSPS) is 11.8. The summed E-state index contributed by atoms with van der Waals surface area (Å²) in [4.78, 5) is 0. The summed E-state index contributed by atoms with van der Waals surface area (Å²) >= 11 is 0. The molecular weight excluding hydrogens is 188 g/mol. The van der Waals surface area contributed by atoms with Gasteiger partial charge in [-0.15, -0.1) is 0 Å². The highest BCUT2D eigenvalue weighted by atomic mass is 28.3. The summed E-state index contributed by atoms with van der Waals surface area (Å²) < 4.78 is 5.12. The van der Waals surface area contributed by atoms with Crippen molar-refractivity contribution in [1.82, 2.24) is 0 Å². The number of hydrogen-bond donors (Lipinski definition) is 0. The Morgan fingerprint density at radius 3 is 2.29 bits per heavy atom. The molecule has 0 saturated heterocycles. The monoisotopic (exact) mass is 208 g/mol. The van der Waals surface area contributed by atoms with E-state index in [0.717, 1.165) is 0 Å². The second-order valence-electron chi connectivity index (χ2n) is 4.83. The maximum Gasteiger partial charge on any atom is 0.0779 e. The second kappa shape index (κ2) is 4.28. The number of benzene rings is 1. The summed E-state index contributed by atoms with van der Waals surface area (Å²) in [5.74, 6) is 0. The van der Waals surface area contributed by atoms with E-state index in [1.807, 2.05) is 0 Å². The molecule has 0 amide bonds. The lowest BCUT2D eigenvalue weighted by molar-refractivity contribution is 0.185. The molecule has 1 nitrogen and oxygen atoms in total. The first-order valence-corrected chi connectivity index (χ1v) is 8.54. The molecule has 78 valence electrons. The van der Waals surface area contributed by atoms with Crippen molar-refractivity contribution in [2.75, 3.05) is 7.11 Å². The molecule has 1 rings (SSSR count). The molecule has 0 aliphatic heterocycles. The fourth-order valence-corrected chi connectivity index (χ4v) is 3.66. The van der Waals surface area contributed by atoms with Crippen molar-refractivity contribution >= 4 is 13.3 Å². The van der Waals surface area contributed by atoms with E-state index in [-0.39, 0.29) is 0 Å². The predicted molar refractivity (Wildman–Crippen MR) is 64.9 cm³/mol. The summed E-state index contributed by atoms with van der Waals surface area (Å²) in [7, 11) is 0.573. The number of ether oxygens (including phenoxy) is 1. The Hall–Kier alpha value is -0.603. The van der Waals surface area contributed by atoms with Gasteiger partial charge in [0.25, 0.3) is 0 Å². The van der Waals surface area contributed by atoms with Crippen molar-refractivity contribution in [1.29, 1.82) is 0 Å². The Kier molecular flexibility index (Phi) is 3.51. The van der Waals surface area contributed by atoms with Crippen LogP contribution in [0.2, 0.25) is 19.6 Å². The van der Waals surface area contributed by atoms with Crippen LogP contribution in [0, 0.1) is 6.92 Å². The third kappa shape index (κ3) is 2.69. The van der Waals surface area contributed by atoms with Crippen molar-refractivity contribution in [2.24, 2.45) is 0 Å². The van der Waals surface area contributed by atoms with Gasteiger partial charge in [0, 0.05) is 7.11 Å². The van der Waals surface area contributed by atoms with Gasteiger partial charge < -0.3 is 4.74 Å². The zero-order valence-electron chi connectivity index (χ0n) is 9.85. The lowest BCUT2D eigenvalue weighted by Crippen LogP contribution is -2.39. The van der Waals surface area contributed by atoms with Crippen LogP contribution in [0.1, 0.15) is 11.1 Å². The van der Waals surface area contributed by atoms with E-state index in [9.17, 15) is 0 Å². The van der Waals surface area contributed by atoms with Gasteiger partial charge in [-0.1, -0.05) is 48.6 Å². The Morgan fingerprint density at radius 1 is 1.21 bits per heavy atom. The van der Waals surface area contributed by atoms with Crippen molar-refractivity contribution in [3.63, 3.8) is 0 Å². The zero-order chi connectivity index (χ0) is 10.8. The second-order valence-corrected chi connectivity index (χ2v) is 9.87. The van der Waals surface area contributed by atoms with Gasteiger partial charge in [0.1, 0.15) is 0 Å². The third-order valence-electron chi connectivity index (χ3n) is 2.41. The minimum absolute atomic E-state index is 0.715. The van der Waals surface area contributed by atoms with Crippen LogP contribution in [-0.4, -0.2) is 15.2 Å². The van der Waals surface area contributed by atoms with Crippen molar-refractivity contribution in [3.05, 3.63) is 29.3 Å². The fraction of sp³-hybridized carbons (Fsp3) is 0.500. The molecule has 0 bridgehead atoms. The summed E-state index contributed by atoms with van der Waals surface area (Å²) in [6.45, 7) is 10.1. The Bertz CT molecular complexity index is 313. The highest BCUT2D eigenvalue weighted by Crippen LogP contribution is 2.09. The summed E-state index contributed by atoms with van der Waals surface area (Å²) in [5.41, 5.74) is 2.69. The number of hydrogen-bond acceptors (Lipinski definition) is 1. The van der Waals surface area contributed by atoms with Crippen LogP contribution in [-0.2, 0) is 11.3 Å². The summed E-state index contributed by atoms with van der Waals surface area (Å²) in [5, 5.41) is 1.55. The van der Waals surface area contributed by atoms with E-state index < -0.39 is 8.07 Å². The Morgan fingerprint density at radius 2 is 1.86 bits per heavy atom. The highest BCUT2D eigenvalue weighted by molar-refractivity contribution is 6.89. The maximum absolute atomic E-state index is 5.12. The van der Waals surface area contributed by atoms with Crippen LogP contribution in [0.3, 0.4) is 0 Å². The Labute approximate surface area is 88.1 Å². The molecule has 1 aromatic rings. The van der Waals surface area contributed by atoms with E-state index in [1.165, 1.54) is 11.1 Å². The van der Waals surface area contributed by atoms with Crippen molar-refractivity contribution in [3.8, 4) is 0 Å². The molecule has 0 aromatic heterocycles. The lowest BCUT2D eigenvalue weighted by Gasteiger charge is -2.20. The fourth-order valence-electron chi connectivity index (χ4n) is 1.82. The van der Waals surface area contributed by atoms with Crippen LogP contribution < -0.4 is 5.19 Å². The molecule has 0 spiro atoms. The Balaban J connectivity index is 3.02. The van der Waals surface area contributed by atoms with Gasteiger partial charge in [0.2, 0.25) is 0 Å². The lowest BCUT2D eigenvalue weighted by atomic mass is 10.1. The first kappa shape index (κ1) is 11.5. The van der Waals surface area contributed by atoms with E-state index in [4.69, 9.17) is 4.74 Å². The van der Waals surface area contributed by atoms with Gasteiger partial charge in [-0.25, -0.2) is 0 Å². The van der Waals surface area contributed by atoms with E-state index >= 15 is 0 Å². The van der Waals surface area contributed by atoms with Gasteiger partial charge in [-0.05, 0) is 12.5 Å². The van der Waals surface area contributed by atoms with Crippen LogP contribution in [0.5, 0.6) is 0 Å². The van der Waals surface area contributed by atoms with Crippen molar-refractivity contribution < 1.29 is 4.74 Å². The zero-order valence-corrected chi connectivity index (χ0v) is 10.8. The summed E-state index contributed by atoms with van der Waals surface area (Å²) in [6, 6.07) is 6.71. The van der Waals surface area contributed by atoms with Crippen LogP contribution in [0.15, 0.2) is 18.2 Å². The van der Waals surface area contributed by atoms with Gasteiger partial charge >= 0.3 is 0 Å². The van der Waals surface area contributed by atoms with E-state index in [0.29, 0.717) is 6.61 Å². The minimum Gasteiger partial charge on any atom is -0.380 e. The molecule has 0 N–H and O–H groups in total. The minimum atomic E-state index is -1.16. The molecule has 0 saturated carbocycles. The SMILES string of the molecule is COCc1ccc([Si](C)(C)C)c(C)c1. The average Bonchev–Trinajstić information content (AvgIpc) is 2.02. The third-order valence-corrected chi connectivity index (χ3v) is 4.59. The predicted octanol–water partition coefficient (Wildman–Crippen LogP) is 2.69. The smallest absolute Gasteiger partial charge is 0.0779 e. The first-order valence-electron chi connectivity index (χ1n) is 5.04. The number of methoxy groups -OCH3 is 1.